The van der Waals surface area contributed by atoms with Gasteiger partial charge in [-0.1, -0.05) is 23.7 Å². The Hall–Kier alpha value is -2.41. The van der Waals surface area contributed by atoms with Crippen LogP contribution in [0.4, 0.5) is 0 Å². The molecule has 7 heteroatoms. The third kappa shape index (κ3) is 3.49. The molecular weight excluding hydrogens is 416 g/mol. The van der Waals surface area contributed by atoms with Gasteiger partial charge in [-0.2, -0.15) is 0 Å². The SMILES string of the molecule is Cc1c([C@@H]2[C@H](c3ccccn3)NC(=S)N2CCO)c(C)n(-c2cccc(Cl)c2)c1C. The van der Waals surface area contributed by atoms with Crippen LogP contribution in [0.25, 0.3) is 5.69 Å². The van der Waals surface area contributed by atoms with Crippen LogP contribution in [0.15, 0.2) is 48.7 Å². The van der Waals surface area contributed by atoms with Crippen LogP contribution >= 0.6 is 23.8 Å². The first kappa shape index (κ1) is 20.8. The van der Waals surface area contributed by atoms with E-state index in [1.807, 2.05) is 36.4 Å². The van der Waals surface area contributed by atoms with Gasteiger partial charge in [-0.25, -0.2) is 0 Å². The minimum Gasteiger partial charge on any atom is -0.395 e. The molecule has 1 aliphatic rings. The second-order valence-corrected chi connectivity index (χ2v) is 8.39. The number of hydrogen-bond donors (Lipinski definition) is 2. The molecule has 0 unspecified atom stereocenters. The lowest BCUT2D eigenvalue weighted by atomic mass is 9.93. The quantitative estimate of drug-likeness (QED) is 0.575. The number of benzene rings is 1. The summed E-state index contributed by atoms with van der Waals surface area (Å²) in [5.74, 6) is 0. The Morgan fingerprint density at radius 2 is 1.93 bits per heavy atom. The average Bonchev–Trinajstić information content (AvgIpc) is 3.16. The second kappa shape index (κ2) is 8.38. The highest BCUT2D eigenvalue weighted by Crippen LogP contribution is 2.43. The van der Waals surface area contributed by atoms with Crippen molar-refractivity contribution in [1.29, 1.82) is 0 Å². The molecule has 0 bridgehead atoms. The number of nitrogens with zero attached hydrogens (tertiary/aromatic N) is 3. The lowest BCUT2D eigenvalue weighted by molar-refractivity contribution is 0.222. The minimum absolute atomic E-state index is 0.0271. The van der Waals surface area contributed by atoms with Crippen molar-refractivity contribution in [2.75, 3.05) is 13.2 Å². The number of rotatable bonds is 5. The van der Waals surface area contributed by atoms with Gasteiger partial charge in [0.1, 0.15) is 0 Å². The van der Waals surface area contributed by atoms with E-state index in [4.69, 9.17) is 23.8 Å². The molecule has 156 valence electrons. The molecule has 4 rings (SSSR count). The third-order valence-corrected chi connectivity index (χ3v) is 6.50. The van der Waals surface area contributed by atoms with Crippen molar-refractivity contribution in [2.24, 2.45) is 0 Å². The molecule has 1 saturated heterocycles. The van der Waals surface area contributed by atoms with Crippen LogP contribution in [-0.2, 0) is 0 Å². The van der Waals surface area contributed by atoms with Crippen LogP contribution < -0.4 is 5.32 Å². The van der Waals surface area contributed by atoms with Gasteiger partial charge < -0.3 is 19.9 Å². The molecule has 3 aromatic rings. The first-order chi connectivity index (χ1) is 14.4. The smallest absolute Gasteiger partial charge is 0.170 e. The lowest BCUT2D eigenvalue weighted by Crippen LogP contribution is -2.32. The molecule has 5 nitrogen and oxygen atoms in total. The summed E-state index contributed by atoms with van der Waals surface area (Å²) >= 11 is 11.9. The first-order valence-corrected chi connectivity index (χ1v) is 10.8. The molecule has 0 radical (unpaired) electrons. The highest BCUT2D eigenvalue weighted by Gasteiger charge is 2.42. The van der Waals surface area contributed by atoms with E-state index in [-0.39, 0.29) is 18.7 Å². The molecule has 30 heavy (non-hydrogen) atoms. The first-order valence-electron chi connectivity index (χ1n) is 9.97. The Morgan fingerprint density at radius 3 is 2.60 bits per heavy atom. The predicted molar refractivity (Wildman–Crippen MR) is 124 cm³/mol. The van der Waals surface area contributed by atoms with Crippen LogP contribution in [0, 0.1) is 20.8 Å². The Balaban J connectivity index is 1.89. The van der Waals surface area contributed by atoms with Crippen molar-refractivity contribution in [1.82, 2.24) is 19.8 Å². The number of halogens is 1. The number of aliphatic hydroxyl groups is 1. The summed E-state index contributed by atoms with van der Waals surface area (Å²) in [5, 5.41) is 14.5. The number of thiocarbonyl (C=S) groups is 1. The Labute approximate surface area is 187 Å². The fourth-order valence-electron chi connectivity index (χ4n) is 4.51. The van der Waals surface area contributed by atoms with Crippen LogP contribution in [0.3, 0.4) is 0 Å². The molecule has 1 aliphatic heterocycles. The predicted octanol–water partition coefficient (Wildman–Crippen LogP) is 4.42. The summed E-state index contributed by atoms with van der Waals surface area (Å²) in [5.41, 5.74) is 6.65. The van der Waals surface area contributed by atoms with Crippen molar-refractivity contribution in [2.45, 2.75) is 32.9 Å². The second-order valence-electron chi connectivity index (χ2n) is 7.57. The van der Waals surface area contributed by atoms with Gasteiger partial charge in [0.2, 0.25) is 0 Å². The minimum atomic E-state index is -0.0998. The molecule has 0 aliphatic carbocycles. The molecule has 1 aromatic carbocycles. The number of aliphatic hydroxyl groups excluding tert-OH is 1. The summed E-state index contributed by atoms with van der Waals surface area (Å²) in [7, 11) is 0. The zero-order valence-corrected chi connectivity index (χ0v) is 18.8. The number of β-amino-alcohol motifs (C(OH)–C–C–N with tert-alkyl or cyclic N) is 1. The van der Waals surface area contributed by atoms with Gasteiger partial charge in [-0.15, -0.1) is 0 Å². The van der Waals surface area contributed by atoms with E-state index >= 15 is 0 Å². The Bertz CT molecular complexity index is 1080. The standard InChI is InChI=1S/C23H25ClN4OS/c1-14-15(2)28(18-8-6-7-17(24)13-18)16(3)20(14)22-21(19-9-4-5-10-25-19)26-23(30)27(22)11-12-29/h4-10,13,21-22,29H,11-12H2,1-3H3,(H,26,30)/t21-,22+/m0/s1. The topological polar surface area (TPSA) is 53.3 Å². The van der Waals surface area contributed by atoms with Gasteiger partial charge in [0.15, 0.2) is 5.11 Å². The van der Waals surface area contributed by atoms with Crippen molar-refractivity contribution in [3.63, 3.8) is 0 Å². The Morgan fingerprint density at radius 1 is 1.13 bits per heavy atom. The Kier molecular flexibility index (Phi) is 5.82. The molecule has 1 fully saturated rings. The maximum absolute atomic E-state index is 9.71. The van der Waals surface area contributed by atoms with E-state index in [0.717, 1.165) is 22.8 Å². The largest absolute Gasteiger partial charge is 0.395 e. The fourth-order valence-corrected chi connectivity index (χ4v) is 5.03. The van der Waals surface area contributed by atoms with Crippen LogP contribution in [0.1, 0.15) is 40.3 Å². The molecule has 2 aromatic heterocycles. The summed E-state index contributed by atoms with van der Waals surface area (Å²) in [6.07, 6.45) is 1.80. The van der Waals surface area contributed by atoms with E-state index < -0.39 is 0 Å². The highest BCUT2D eigenvalue weighted by atomic mass is 35.5. The van der Waals surface area contributed by atoms with E-state index in [1.165, 1.54) is 11.1 Å². The monoisotopic (exact) mass is 440 g/mol. The highest BCUT2D eigenvalue weighted by molar-refractivity contribution is 7.80. The van der Waals surface area contributed by atoms with Gasteiger partial charge in [0.25, 0.3) is 0 Å². The third-order valence-electron chi connectivity index (χ3n) is 5.91. The van der Waals surface area contributed by atoms with Crippen molar-refractivity contribution < 1.29 is 5.11 Å². The molecule has 2 N–H and O–H groups in total. The van der Waals surface area contributed by atoms with E-state index in [1.54, 1.807) is 6.20 Å². The molecule has 0 saturated carbocycles. The van der Waals surface area contributed by atoms with Crippen molar-refractivity contribution >= 4 is 28.9 Å². The number of aromatic nitrogens is 2. The van der Waals surface area contributed by atoms with Crippen molar-refractivity contribution in [3.8, 4) is 5.69 Å². The summed E-state index contributed by atoms with van der Waals surface area (Å²) in [4.78, 5) is 6.66. The van der Waals surface area contributed by atoms with Crippen molar-refractivity contribution in [3.05, 3.63) is 81.9 Å². The summed E-state index contributed by atoms with van der Waals surface area (Å²) in [6.45, 7) is 6.88. The molecule has 2 atom stereocenters. The van der Waals surface area contributed by atoms with Gasteiger partial charge in [-0.05, 0) is 68.9 Å². The number of hydrogen-bond acceptors (Lipinski definition) is 3. The number of pyridine rings is 1. The maximum atomic E-state index is 9.71. The average molecular weight is 441 g/mol. The van der Waals surface area contributed by atoms with Gasteiger partial charge in [0.05, 0.1) is 24.4 Å². The van der Waals surface area contributed by atoms with E-state index in [0.29, 0.717) is 16.7 Å². The summed E-state index contributed by atoms with van der Waals surface area (Å²) < 4.78 is 2.24. The maximum Gasteiger partial charge on any atom is 0.170 e. The molecule has 0 amide bonds. The zero-order chi connectivity index (χ0) is 21.4. The van der Waals surface area contributed by atoms with Gasteiger partial charge >= 0.3 is 0 Å². The van der Waals surface area contributed by atoms with Crippen LogP contribution in [-0.4, -0.2) is 37.8 Å². The number of nitrogens with one attached hydrogen (secondary N) is 1. The molecule has 0 spiro atoms. The van der Waals surface area contributed by atoms with E-state index in [9.17, 15) is 5.11 Å². The van der Waals surface area contributed by atoms with Crippen LogP contribution in [0.2, 0.25) is 5.02 Å². The lowest BCUT2D eigenvalue weighted by Gasteiger charge is -2.28. The van der Waals surface area contributed by atoms with Gasteiger partial charge in [0, 0.05) is 40.4 Å². The summed E-state index contributed by atoms with van der Waals surface area (Å²) in [6, 6.07) is 13.6. The molecular formula is C23H25ClN4OS. The zero-order valence-electron chi connectivity index (χ0n) is 17.3. The van der Waals surface area contributed by atoms with Gasteiger partial charge in [-0.3, -0.25) is 4.98 Å². The van der Waals surface area contributed by atoms with Crippen LogP contribution in [0.5, 0.6) is 0 Å². The fraction of sp³-hybridized carbons (Fsp3) is 0.304. The molecule has 3 heterocycles. The normalized spacial score (nSPS) is 18.7. The van der Waals surface area contributed by atoms with E-state index in [2.05, 4.69) is 46.6 Å².